The van der Waals surface area contributed by atoms with Gasteiger partial charge in [-0.1, -0.05) is 37.8 Å². The summed E-state index contributed by atoms with van der Waals surface area (Å²) in [4.78, 5) is 7.78. The van der Waals surface area contributed by atoms with Crippen LogP contribution in [-0.4, -0.2) is 16.5 Å². The number of nitrogens with zero attached hydrogens (tertiary/aromatic N) is 2. The van der Waals surface area contributed by atoms with Crippen molar-refractivity contribution in [3.8, 4) is 0 Å². The number of nitrogens with one attached hydrogen (secondary N) is 1. The summed E-state index contributed by atoms with van der Waals surface area (Å²) < 4.78 is 0. The molecule has 0 spiro atoms. The van der Waals surface area contributed by atoms with Crippen molar-refractivity contribution in [3.05, 3.63) is 16.5 Å². The first-order chi connectivity index (χ1) is 7.24. The number of hydrogen-bond donors (Lipinski definition) is 1. The number of unbranched alkanes of at least 4 members (excludes halogenated alkanes) is 3. The summed E-state index contributed by atoms with van der Waals surface area (Å²) >= 11 is 11.5. The van der Waals surface area contributed by atoms with E-state index < -0.39 is 0 Å². The van der Waals surface area contributed by atoms with Gasteiger partial charge in [0.2, 0.25) is 5.28 Å². The van der Waals surface area contributed by atoms with Crippen LogP contribution in [0.15, 0.2) is 6.20 Å². The van der Waals surface area contributed by atoms with Crippen molar-refractivity contribution in [2.75, 3.05) is 11.9 Å². The summed E-state index contributed by atoms with van der Waals surface area (Å²) in [6.45, 7) is 3.06. The zero-order valence-electron chi connectivity index (χ0n) is 8.76. The van der Waals surface area contributed by atoms with Gasteiger partial charge in [0.1, 0.15) is 10.8 Å². The lowest BCUT2D eigenvalue weighted by molar-refractivity contribution is 0.684. The molecule has 0 radical (unpaired) electrons. The number of rotatable bonds is 6. The van der Waals surface area contributed by atoms with E-state index in [0.29, 0.717) is 10.8 Å². The summed E-state index contributed by atoms with van der Waals surface area (Å²) in [5, 5.41) is 3.87. The molecule has 1 aromatic rings. The summed E-state index contributed by atoms with van der Waals surface area (Å²) in [5.74, 6) is 0.619. The maximum atomic E-state index is 5.89. The maximum Gasteiger partial charge on any atom is 0.224 e. The highest BCUT2D eigenvalue weighted by Gasteiger charge is 2.02. The molecule has 0 bridgehead atoms. The predicted molar refractivity (Wildman–Crippen MR) is 64.7 cm³/mol. The van der Waals surface area contributed by atoms with E-state index in [9.17, 15) is 0 Å². The Bertz CT molecular complexity index is 305. The van der Waals surface area contributed by atoms with E-state index in [0.717, 1.165) is 13.0 Å². The molecule has 0 aromatic carbocycles. The summed E-state index contributed by atoms with van der Waals surface area (Å²) in [6.07, 6.45) is 6.34. The molecule has 0 aliphatic heterocycles. The number of halogens is 2. The standard InChI is InChI=1S/C10H15Cl2N3/c1-2-3-4-5-6-13-9-8(11)7-14-10(12)15-9/h7H,2-6H2,1H3,(H,13,14,15). The van der Waals surface area contributed by atoms with Gasteiger partial charge in [0.05, 0.1) is 6.20 Å². The summed E-state index contributed by atoms with van der Waals surface area (Å²) in [6, 6.07) is 0. The zero-order valence-corrected chi connectivity index (χ0v) is 10.3. The van der Waals surface area contributed by atoms with E-state index in [2.05, 4.69) is 22.2 Å². The van der Waals surface area contributed by atoms with Crippen LogP contribution in [-0.2, 0) is 0 Å². The fraction of sp³-hybridized carbons (Fsp3) is 0.600. The second kappa shape index (κ2) is 6.85. The normalized spacial score (nSPS) is 10.3. The maximum absolute atomic E-state index is 5.89. The average Bonchev–Trinajstić information content (AvgIpc) is 2.23. The molecule has 1 aromatic heterocycles. The van der Waals surface area contributed by atoms with Crippen LogP contribution in [0.3, 0.4) is 0 Å². The molecule has 1 heterocycles. The Morgan fingerprint density at radius 3 is 2.80 bits per heavy atom. The Labute approximate surface area is 100 Å². The molecule has 84 valence electrons. The topological polar surface area (TPSA) is 37.8 Å². The molecule has 0 atom stereocenters. The van der Waals surface area contributed by atoms with Gasteiger partial charge < -0.3 is 5.32 Å². The number of hydrogen-bond acceptors (Lipinski definition) is 3. The highest BCUT2D eigenvalue weighted by atomic mass is 35.5. The van der Waals surface area contributed by atoms with Crippen molar-refractivity contribution in [1.29, 1.82) is 0 Å². The first kappa shape index (κ1) is 12.5. The smallest absolute Gasteiger partial charge is 0.224 e. The summed E-state index contributed by atoms with van der Waals surface area (Å²) in [5.41, 5.74) is 0. The van der Waals surface area contributed by atoms with Crippen LogP contribution in [0, 0.1) is 0 Å². The average molecular weight is 248 g/mol. The first-order valence-corrected chi connectivity index (χ1v) is 5.91. The third kappa shape index (κ3) is 4.67. The Morgan fingerprint density at radius 1 is 1.27 bits per heavy atom. The van der Waals surface area contributed by atoms with Gasteiger partial charge in [0.25, 0.3) is 0 Å². The Hall–Kier alpha value is -0.540. The van der Waals surface area contributed by atoms with Crippen LogP contribution in [0.4, 0.5) is 5.82 Å². The van der Waals surface area contributed by atoms with Gasteiger partial charge in [-0.05, 0) is 18.0 Å². The molecule has 1 rings (SSSR count). The molecule has 0 saturated heterocycles. The largest absolute Gasteiger partial charge is 0.369 e. The van der Waals surface area contributed by atoms with Crippen molar-refractivity contribution in [1.82, 2.24) is 9.97 Å². The number of aromatic nitrogens is 2. The van der Waals surface area contributed by atoms with Crippen molar-refractivity contribution >= 4 is 29.0 Å². The third-order valence-electron chi connectivity index (χ3n) is 2.04. The van der Waals surface area contributed by atoms with Gasteiger partial charge in [-0.3, -0.25) is 0 Å². The van der Waals surface area contributed by atoms with Crippen LogP contribution in [0.1, 0.15) is 32.6 Å². The van der Waals surface area contributed by atoms with Gasteiger partial charge >= 0.3 is 0 Å². The number of anilines is 1. The minimum Gasteiger partial charge on any atom is -0.369 e. The molecular formula is C10H15Cl2N3. The van der Waals surface area contributed by atoms with Gasteiger partial charge in [0.15, 0.2) is 0 Å². The van der Waals surface area contributed by atoms with E-state index in [1.165, 1.54) is 25.5 Å². The van der Waals surface area contributed by atoms with E-state index in [1.54, 1.807) is 0 Å². The molecule has 0 amide bonds. The highest BCUT2D eigenvalue weighted by Crippen LogP contribution is 2.19. The Balaban J connectivity index is 2.33. The van der Waals surface area contributed by atoms with Crippen LogP contribution in [0.5, 0.6) is 0 Å². The van der Waals surface area contributed by atoms with Crippen LogP contribution in [0.2, 0.25) is 10.3 Å². The molecule has 5 heteroatoms. The Kier molecular flexibility index (Phi) is 5.73. The van der Waals surface area contributed by atoms with Crippen LogP contribution < -0.4 is 5.32 Å². The van der Waals surface area contributed by atoms with E-state index in [4.69, 9.17) is 23.2 Å². The van der Waals surface area contributed by atoms with Gasteiger partial charge in [-0.2, -0.15) is 4.98 Å². The van der Waals surface area contributed by atoms with Gasteiger partial charge in [-0.25, -0.2) is 4.98 Å². The van der Waals surface area contributed by atoms with Crippen molar-refractivity contribution in [3.63, 3.8) is 0 Å². The van der Waals surface area contributed by atoms with E-state index in [-0.39, 0.29) is 5.28 Å². The van der Waals surface area contributed by atoms with Gasteiger partial charge in [-0.15, -0.1) is 0 Å². The lowest BCUT2D eigenvalue weighted by atomic mass is 10.2. The third-order valence-corrected chi connectivity index (χ3v) is 2.50. The lowest BCUT2D eigenvalue weighted by Crippen LogP contribution is -2.04. The Morgan fingerprint density at radius 2 is 2.07 bits per heavy atom. The zero-order chi connectivity index (χ0) is 11.1. The molecule has 3 nitrogen and oxygen atoms in total. The lowest BCUT2D eigenvalue weighted by Gasteiger charge is -2.06. The van der Waals surface area contributed by atoms with Crippen molar-refractivity contribution < 1.29 is 0 Å². The highest BCUT2D eigenvalue weighted by molar-refractivity contribution is 6.33. The first-order valence-electron chi connectivity index (χ1n) is 5.16. The molecule has 0 unspecified atom stereocenters. The molecule has 0 aliphatic carbocycles. The fourth-order valence-electron chi connectivity index (χ4n) is 1.23. The molecule has 15 heavy (non-hydrogen) atoms. The quantitative estimate of drug-likeness (QED) is 0.615. The molecule has 0 fully saturated rings. The van der Waals surface area contributed by atoms with Crippen LogP contribution in [0.25, 0.3) is 0 Å². The predicted octanol–water partition coefficient (Wildman–Crippen LogP) is 3.78. The molecule has 0 saturated carbocycles. The van der Waals surface area contributed by atoms with Gasteiger partial charge in [0, 0.05) is 6.54 Å². The minimum atomic E-state index is 0.218. The van der Waals surface area contributed by atoms with Crippen molar-refractivity contribution in [2.45, 2.75) is 32.6 Å². The van der Waals surface area contributed by atoms with Crippen LogP contribution >= 0.6 is 23.2 Å². The fourth-order valence-corrected chi connectivity index (χ4v) is 1.52. The monoisotopic (exact) mass is 247 g/mol. The summed E-state index contributed by atoms with van der Waals surface area (Å²) in [7, 11) is 0. The minimum absolute atomic E-state index is 0.218. The molecule has 0 aliphatic rings. The van der Waals surface area contributed by atoms with Crippen molar-refractivity contribution in [2.24, 2.45) is 0 Å². The second-order valence-corrected chi connectivity index (χ2v) is 4.07. The molecular weight excluding hydrogens is 233 g/mol. The SMILES string of the molecule is CCCCCCNc1nc(Cl)ncc1Cl. The van der Waals surface area contributed by atoms with E-state index >= 15 is 0 Å². The molecule has 1 N–H and O–H groups in total. The second-order valence-electron chi connectivity index (χ2n) is 3.32. The van der Waals surface area contributed by atoms with E-state index in [1.807, 2.05) is 0 Å².